The highest BCUT2D eigenvalue weighted by Gasteiger charge is 2.24. The lowest BCUT2D eigenvalue weighted by atomic mass is 10.0. The summed E-state index contributed by atoms with van der Waals surface area (Å²) in [5, 5.41) is 10.6. The third-order valence-electron chi connectivity index (χ3n) is 5.24. The highest BCUT2D eigenvalue weighted by atomic mass is 16.5. The molecule has 1 unspecified atom stereocenters. The van der Waals surface area contributed by atoms with E-state index in [4.69, 9.17) is 15.2 Å². The molecule has 0 aliphatic rings. The topological polar surface area (TPSA) is 161 Å². The fraction of sp³-hybridized carbons (Fsp3) is 0.857. The molecular formula is C28H59N5O6. The largest absolute Gasteiger partial charge is 0.375 e. The lowest BCUT2D eigenvalue weighted by molar-refractivity contribution is -0.129. The van der Waals surface area contributed by atoms with Crippen LogP contribution < -0.4 is 27.0 Å². The molecule has 0 aromatic heterocycles. The third kappa shape index (κ3) is 28.6. The van der Waals surface area contributed by atoms with Crippen LogP contribution in [0.3, 0.4) is 0 Å². The highest BCUT2D eigenvalue weighted by molar-refractivity contribution is 5.90. The summed E-state index contributed by atoms with van der Waals surface area (Å²) in [6.07, 6.45) is 3.51. The number of carbonyl (C=O) groups is 4. The summed E-state index contributed by atoms with van der Waals surface area (Å²) in [7, 11) is 1.88. The van der Waals surface area contributed by atoms with Gasteiger partial charge in [0, 0.05) is 19.5 Å². The Bertz CT molecular complexity index is 671. The fourth-order valence-electron chi connectivity index (χ4n) is 2.97. The van der Waals surface area contributed by atoms with Gasteiger partial charge in [0.05, 0.1) is 37.0 Å². The Hall–Kier alpha value is -2.24. The molecule has 39 heavy (non-hydrogen) atoms. The first-order chi connectivity index (χ1) is 18.2. The third-order valence-corrected chi connectivity index (χ3v) is 5.24. The van der Waals surface area contributed by atoms with Crippen molar-refractivity contribution >= 4 is 23.6 Å². The summed E-state index contributed by atoms with van der Waals surface area (Å²) in [5.74, 6) is -0.923. The van der Waals surface area contributed by atoms with Crippen LogP contribution in [0.1, 0.15) is 101 Å². The summed E-state index contributed by atoms with van der Waals surface area (Å²) in [6, 6.07) is -1.32. The van der Waals surface area contributed by atoms with E-state index >= 15 is 0 Å². The zero-order valence-electron chi connectivity index (χ0n) is 26.4. The minimum absolute atomic E-state index is 0.201. The van der Waals surface area contributed by atoms with Gasteiger partial charge in [0.25, 0.3) is 0 Å². The van der Waals surface area contributed by atoms with E-state index in [1.54, 1.807) is 0 Å². The molecule has 0 heterocycles. The molecule has 0 spiro atoms. The molecule has 0 saturated carbocycles. The highest BCUT2D eigenvalue weighted by Crippen LogP contribution is 2.20. The van der Waals surface area contributed by atoms with Crippen molar-refractivity contribution in [2.24, 2.45) is 5.73 Å². The summed E-state index contributed by atoms with van der Waals surface area (Å²) in [5.41, 5.74) is 4.19. The van der Waals surface area contributed by atoms with E-state index in [0.717, 1.165) is 13.0 Å². The Morgan fingerprint density at radius 2 is 1.38 bits per heavy atom. The van der Waals surface area contributed by atoms with Gasteiger partial charge < -0.3 is 36.5 Å². The summed E-state index contributed by atoms with van der Waals surface area (Å²) >= 11 is 0. The second-order valence-electron chi connectivity index (χ2n) is 10.2. The minimum Gasteiger partial charge on any atom is -0.375 e. The van der Waals surface area contributed by atoms with Crippen molar-refractivity contribution in [1.29, 1.82) is 0 Å². The number of nitrogens with one attached hydrogen (secondary N) is 4. The van der Waals surface area contributed by atoms with E-state index in [-0.39, 0.29) is 30.3 Å². The van der Waals surface area contributed by atoms with Gasteiger partial charge in [-0.1, -0.05) is 34.1 Å². The molecule has 0 saturated heterocycles. The number of carbonyl (C=O) groups excluding carboxylic acids is 4. The van der Waals surface area contributed by atoms with E-state index in [1.807, 2.05) is 48.6 Å². The summed E-state index contributed by atoms with van der Waals surface area (Å²) < 4.78 is 11.8. The molecule has 0 aliphatic carbocycles. The molecule has 0 radical (unpaired) electrons. The van der Waals surface area contributed by atoms with Crippen LogP contribution in [0, 0.1) is 0 Å². The Kier molecular flexibility index (Phi) is 26.2. The van der Waals surface area contributed by atoms with Gasteiger partial charge in [0.15, 0.2) is 5.78 Å². The second-order valence-corrected chi connectivity index (χ2v) is 10.2. The van der Waals surface area contributed by atoms with Crippen molar-refractivity contribution < 1.29 is 28.7 Å². The summed E-state index contributed by atoms with van der Waals surface area (Å²) in [6.45, 7) is 19.5. The minimum atomic E-state index is -0.683. The van der Waals surface area contributed by atoms with Gasteiger partial charge in [-0.2, -0.15) is 0 Å². The number of primary amides is 1. The Morgan fingerprint density at radius 1 is 0.846 bits per heavy atom. The molecule has 0 aromatic carbocycles. The number of nitrogens with two attached hydrogens (primary N) is 1. The maximum Gasteiger partial charge on any atom is 0.312 e. The van der Waals surface area contributed by atoms with Crippen LogP contribution in [0.2, 0.25) is 0 Å². The van der Waals surface area contributed by atoms with Crippen molar-refractivity contribution in [3.63, 3.8) is 0 Å². The van der Waals surface area contributed by atoms with Gasteiger partial charge in [-0.3, -0.25) is 14.4 Å². The number of Topliss-reactive ketones (excluding diaryl/α,β-unsaturated/α-hetero) is 1. The van der Waals surface area contributed by atoms with Crippen LogP contribution in [-0.4, -0.2) is 80.8 Å². The molecule has 0 rings (SSSR count). The van der Waals surface area contributed by atoms with E-state index in [9.17, 15) is 19.2 Å². The van der Waals surface area contributed by atoms with Gasteiger partial charge in [0.2, 0.25) is 11.8 Å². The van der Waals surface area contributed by atoms with Crippen LogP contribution in [0.5, 0.6) is 0 Å². The maximum absolute atomic E-state index is 12.2. The van der Waals surface area contributed by atoms with Crippen LogP contribution in [-0.2, 0) is 23.9 Å². The van der Waals surface area contributed by atoms with Crippen LogP contribution in [0.25, 0.3) is 0 Å². The zero-order valence-corrected chi connectivity index (χ0v) is 26.4. The molecule has 0 fully saturated rings. The standard InChI is InChI=1S/C23H45N5O6.C3H8.C2H6/c1-17(29)18(8-7-12-26-21(24)32)28-20(31)16-27-19(30)9-10-22(2,3)33-14-11-23(4,5)34-15-13-25-6;1-3-2;1-2/h18,25H,7-16H2,1-6H3,(H,27,30)(H,28,31)(H3,24,26,32);3H2,1-2H3;1-2H3. The van der Waals surface area contributed by atoms with Crippen LogP contribution in [0.4, 0.5) is 4.79 Å². The number of amides is 4. The average Bonchev–Trinajstić information content (AvgIpc) is 2.84. The molecule has 232 valence electrons. The predicted molar refractivity (Wildman–Crippen MR) is 158 cm³/mol. The molecule has 11 heteroatoms. The maximum atomic E-state index is 12.2. The first kappa shape index (κ1) is 41.2. The fourth-order valence-corrected chi connectivity index (χ4v) is 2.97. The van der Waals surface area contributed by atoms with E-state index < -0.39 is 23.6 Å². The van der Waals surface area contributed by atoms with Gasteiger partial charge in [-0.15, -0.1) is 0 Å². The van der Waals surface area contributed by atoms with Crippen molar-refractivity contribution in [1.82, 2.24) is 21.3 Å². The first-order valence-corrected chi connectivity index (χ1v) is 14.2. The Morgan fingerprint density at radius 3 is 1.90 bits per heavy atom. The Labute approximate surface area is 237 Å². The molecule has 0 aromatic rings. The molecule has 6 N–H and O–H groups in total. The quantitative estimate of drug-likeness (QED) is 0.151. The number of hydrogen-bond donors (Lipinski definition) is 5. The number of hydrogen-bond acceptors (Lipinski definition) is 7. The van der Waals surface area contributed by atoms with Gasteiger partial charge in [0.1, 0.15) is 0 Å². The number of ketones is 1. The first-order valence-electron chi connectivity index (χ1n) is 14.2. The molecule has 0 bridgehead atoms. The van der Waals surface area contributed by atoms with Gasteiger partial charge >= 0.3 is 6.03 Å². The van der Waals surface area contributed by atoms with Crippen molar-refractivity contribution in [3.8, 4) is 0 Å². The van der Waals surface area contributed by atoms with E-state index in [1.165, 1.54) is 13.3 Å². The van der Waals surface area contributed by atoms with Gasteiger partial charge in [-0.25, -0.2) is 4.79 Å². The lowest BCUT2D eigenvalue weighted by Crippen LogP contribution is -2.45. The molecular weight excluding hydrogens is 502 g/mol. The predicted octanol–water partition coefficient (Wildman–Crippen LogP) is 3.05. The van der Waals surface area contributed by atoms with E-state index in [0.29, 0.717) is 39.0 Å². The lowest BCUT2D eigenvalue weighted by Gasteiger charge is -2.29. The number of ether oxygens (including phenoxy) is 2. The second kappa shape index (κ2) is 24.8. The van der Waals surface area contributed by atoms with Crippen LogP contribution in [0.15, 0.2) is 0 Å². The monoisotopic (exact) mass is 561 g/mol. The van der Waals surface area contributed by atoms with Crippen molar-refractivity contribution in [3.05, 3.63) is 0 Å². The van der Waals surface area contributed by atoms with Gasteiger partial charge in [-0.05, 0) is 67.3 Å². The number of urea groups is 1. The SMILES string of the molecule is CC.CCC.CNCCOC(C)(C)CCOC(C)(C)CCC(=O)NCC(=O)NC(CCCNC(N)=O)C(C)=O. The van der Waals surface area contributed by atoms with Crippen molar-refractivity contribution in [2.45, 2.75) is 118 Å². The number of likely N-dealkylation sites (N-methyl/N-ethyl adjacent to an activating group) is 1. The summed E-state index contributed by atoms with van der Waals surface area (Å²) in [4.78, 5) is 46.7. The van der Waals surface area contributed by atoms with Crippen molar-refractivity contribution in [2.75, 3.05) is 39.9 Å². The average molecular weight is 562 g/mol. The molecule has 1 atom stereocenters. The smallest absolute Gasteiger partial charge is 0.312 e. The zero-order chi connectivity index (χ0) is 30.9. The van der Waals surface area contributed by atoms with Crippen LogP contribution >= 0.6 is 0 Å². The Balaban J connectivity index is -0.00000241. The molecule has 11 nitrogen and oxygen atoms in total. The molecule has 4 amide bonds. The van der Waals surface area contributed by atoms with E-state index in [2.05, 4.69) is 35.1 Å². The normalized spacial score (nSPS) is 11.6. The number of rotatable bonds is 19. The molecule has 0 aliphatic heterocycles.